The lowest BCUT2D eigenvalue weighted by atomic mass is 10.4. The average Bonchev–Trinajstić information content (AvgIpc) is 2.63. The van der Waals surface area contributed by atoms with Gasteiger partial charge in [0.15, 0.2) is 0 Å². The van der Waals surface area contributed by atoms with Crippen LogP contribution in [-0.2, 0) is 4.74 Å². The molecule has 0 aliphatic carbocycles. The van der Waals surface area contributed by atoms with Crippen LogP contribution in [0.3, 0.4) is 0 Å². The van der Waals surface area contributed by atoms with Gasteiger partial charge in [0.25, 0.3) is 0 Å². The molecule has 0 radical (unpaired) electrons. The summed E-state index contributed by atoms with van der Waals surface area (Å²) in [4.78, 5) is 13.6. The number of nitrogens with one attached hydrogen (secondary N) is 1. The molecule has 0 saturated heterocycles. The van der Waals surface area contributed by atoms with E-state index in [1.165, 1.54) is 12.3 Å². The minimum absolute atomic E-state index is 0.0228. The molecule has 0 saturated carbocycles. The third-order valence-corrected chi connectivity index (χ3v) is 1.44. The quantitative estimate of drug-likeness (QED) is 0.626. The Bertz CT molecular complexity index is 341. The van der Waals surface area contributed by atoms with Crippen molar-refractivity contribution in [3.05, 3.63) is 36.2 Å². The largest absolute Gasteiger partial charge is 0.457 e. The highest BCUT2D eigenvalue weighted by Gasteiger charge is 2.21. The Morgan fingerprint density at radius 2 is 2.27 bits per heavy atom. The Morgan fingerprint density at radius 3 is 2.80 bits per heavy atom. The monoisotopic (exact) mass is 219 g/mol. The van der Waals surface area contributed by atoms with Crippen molar-refractivity contribution in [1.29, 1.82) is 0 Å². The highest BCUT2D eigenvalue weighted by atomic mass is 19.4. The fraction of sp³-hybridized carbons (Fsp3) is 0.222. The number of ether oxygens (including phenoxy) is 1. The number of hydrogen-bond donors (Lipinski definition) is 1. The number of esters is 1. The van der Waals surface area contributed by atoms with Crippen LogP contribution >= 0.6 is 0 Å². The van der Waals surface area contributed by atoms with E-state index >= 15 is 0 Å². The predicted molar refractivity (Wildman–Crippen MR) is 46.3 cm³/mol. The molecule has 0 amide bonds. The van der Waals surface area contributed by atoms with Gasteiger partial charge in [0.2, 0.25) is 0 Å². The highest BCUT2D eigenvalue weighted by Crippen LogP contribution is 2.15. The van der Waals surface area contributed by atoms with Crippen LogP contribution in [0.2, 0.25) is 0 Å². The number of halogens is 3. The van der Waals surface area contributed by atoms with Gasteiger partial charge < -0.3 is 9.72 Å². The number of rotatable bonds is 3. The van der Waals surface area contributed by atoms with E-state index in [0.717, 1.165) is 6.08 Å². The molecule has 0 bridgehead atoms. The summed E-state index contributed by atoms with van der Waals surface area (Å²) in [7, 11) is 0. The molecule has 0 atom stereocenters. The van der Waals surface area contributed by atoms with Crippen LogP contribution < -0.4 is 0 Å². The summed E-state index contributed by atoms with van der Waals surface area (Å²) in [6.07, 6.45) is -2.10. The average molecular weight is 219 g/mol. The third-order valence-electron chi connectivity index (χ3n) is 1.44. The van der Waals surface area contributed by atoms with Gasteiger partial charge in [0.05, 0.1) is 0 Å². The molecule has 6 heteroatoms. The van der Waals surface area contributed by atoms with Gasteiger partial charge in [-0.1, -0.05) is 0 Å². The number of alkyl halides is 3. The van der Waals surface area contributed by atoms with Crippen LogP contribution in [0.4, 0.5) is 13.2 Å². The molecular weight excluding hydrogens is 211 g/mol. The van der Waals surface area contributed by atoms with E-state index in [-0.39, 0.29) is 11.8 Å². The zero-order valence-electron chi connectivity index (χ0n) is 7.54. The summed E-state index contributed by atoms with van der Waals surface area (Å²) in [5.41, 5.74) is 0.204. The first-order valence-electron chi connectivity index (χ1n) is 4.04. The van der Waals surface area contributed by atoms with E-state index in [9.17, 15) is 18.0 Å². The van der Waals surface area contributed by atoms with Gasteiger partial charge in [0.1, 0.15) is 12.3 Å². The number of aromatic amines is 1. The SMILES string of the molecule is O=C(OCC=CC(F)(F)F)c1ccc[nH]1. The molecule has 15 heavy (non-hydrogen) atoms. The summed E-state index contributed by atoms with van der Waals surface area (Å²) in [5, 5.41) is 0. The summed E-state index contributed by atoms with van der Waals surface area (Å²) < 4.78 is 39.4. The fourth-order valence-corrected chi connectivity index (χ4v) is 0.841. The Hall–Kier alpha value is -1.72. The van der Waals surface area contributed by atoms with Crippen LogP contribution in [0.1, 0.15) is 10.5 Å². The van der Waals surface area contributed by atoms with Crippen LogP contribution in [-0.4, -0.2) is 23.7 Å². The van der Waals surface area contributed by atoms with Crippen molar-refractivity contribution in [2.24, 2.45) is 0 Å². The van der Waals surface area contributed by atoms with E-state index in [1.54, 1.807) is 6.07 Å². The first kappa shape index (κ1) is 11.4. The minimum Gasteiger partial charge on any atom is -0.457 e. The zero-order chi connectivity index (χ0) is 11.3. The molecule has 1 aromatic heterocycles. The van der Waals surface area contributed by atoms with E-state index in [0.29, 0.717) is 0 Å². The summed E-state index contributed by atoms with van der Waals surface area (Å²) in [6.45, 7) is -0.405. The van der Waals surface area contributed by atoms with Crippen molar-refractivity contribution >= 4 is 5.97 Å². The maximum atomic E-state index is 11.6. The van der Waals surface area contributed by atoms with Crippen molar-refractivity contribution in [1.82, 2.24) is 4.98 Å². The Balaban J connectivity index is 2.33. The van der Waals surface area contributed by atoms with Gasteiger partial charge in [-0.25, -0.2) is 4.79 Å². The maximum absolute atomic E-state index is 11.6. The van der Waals surface area contributed by atoms with E-state index in [4.69, 9.17) is 0 Å². The van der Waals surface area contributed by atoms with Gasteiger partial charge in [-0.05, 0) is 18.2 Å². The number of carbonyl (C=O) groups excluding carboxylic acids is 1. The second-order valence-corrected chi connectivity index (χ2v) is 2.63. The van der Waals surface area contributed by atoms with Crippen molar-refractivity contribution in [2.75, 3.05) is 6.61 Å². The van der Waals surface area contributed by atoms with Crippen molar-refractivity contribution in [3.63, 3.8) is 0 Å². The van der Waals surface area contributed by atoms with Crippen molar-refractivity contribution < 1.29 is 22.7 Å². The molecule has 82 valence electrons. The maximum Gasteiger partial charge on any atom is 0.409 e. The smallest absolute Gasteiger partial charge is 0.409 e. The summed E-state index contributed by atoms with van der Waals surface area (Å²) in [5.74, 6) is -0.688. The van der Waals surface area contributed by atoms with Crippen LogP contribution in [0, 0.1) is 0 Å². The Labute approximate surface area is 83.5 Å². The zero-order valence-corrected chi connectivity index (χ0v) is 7.54. The van der Waals surface area contributed by atoms with Crippen molar-refractivity contribution in [3.8, 4) is 0 Å². The molecule has 0 aromatic carbocycles. The van der Waals surface area contributed by atoms with Crippen LogP contribution in [0.15, 0.2) is 30.5 Å². The molecule has 0 aliphatic heterocycles. The van der Waals surface area contributed by atoms with Crippen LogP contribution in [0.5, 0.6) is 0 Å². The lowest BCUT2D eigenvalue weighted by molar-refractivity contribution is -0.0802. The lowest BCUT2D eigenvalue weighted by Gasteiger charge is -2.00. The van der Waals surface area contributed by atoms with Gasteiger partial charge >= 0.3 is 12.1 Å². The number of hydrogen-bond acceptors (Lipinski definition) is 2. The Morgan fingerprint density at radius 1 is 1.53 bits per heavy atom. The third kappa shape index (κ3) is 4.35. The summed E-state index contributed by atoms with van der Waals surface area (Å²) in [6, 6.07) is 3.05. The normalized spacial score (nSPS) is 11.9. The van der Waals surface area contributed by atoms with Gasteiger partial charge in [-0.3, -0.25) is 0 Å². The molecule has 0 aliphatic rings. The second kappa shape index (κ2) is 4.68. The topological polar surface area (TPSA) is 42.1 Å². The molecule has 1 rings (SSSR count). The number of carbonyl (C=O) groups is 1. The first-order chi connectivity index (χ1) is 6.99. The highest BCUT2D eigenvalue weighted by molar-refractivity contribution is 5.87. The van der Waals surface area contributed by atoms with Gasteiger partial charge in [0, 0.05) is 12.3 Å². The number of allylic oxidation sites excluding steroid dienone is 1. The van der Waals surface area contributed by atoms with E-state index in [2.05, 4.69) is 9.72 Å². The standard InChI is InChI=1S/C9H8F3NO2/c10-9(11,12)4-2-6-15-8(14)7-3-1-5-13-7/h1-5,13H,6H2. The molecular formula is C9H8F3NO2. The predicted octanol–water partition coefficient (Wildman–Crippen LogP) is 2.29. The number of H-pyrrole nitrogens is 1. The molecule has 0 unspecified atom stereocenters. The number of aromatic nitrogens is 1. The molecule has 0 fully saturated rings. The molecule has 3 nitrogen and oxygen atoms in total. The van der Waals surface area contributed by atoms with Gasteiger partial charge in [-0.2, -0.15) is 13.2 Å². The second-order valence-electron chi connectivity index (χ2n) is 2.63. The first-order valence-corrected chi connectivity index (χ1v) is 4.04. The minimum atomic E-state index is -4.38. The molecule has 1 heterocycles. The summed E-state index contributed by atoms with van der Waals surface area (Å²) >= 11 is 0. The van der Waals surface area contributed by atoms with E-state index in [1.807, 2.05) is 0 Å². The molecule has 1 aromatic rings. The Kier molecular flexibility index (Phi) is 3.54. The van der Waals surface area contributed by atoms with Crippen molar-refractivity contribution in [2.45, 2.75) is 6.18 Å². The van der Waals surface area contributed by atoms with Gasteiger partial charge in [-0.15, -0.1) is 0 Å². The molecule has 1 N–H and O–H groups in total. The fourth-order valence-electron chi connectivity index (χ4n) is 0.841. The van der Waals surface area contributed by atoms with E-state index < -0.39 is 18.8 Å². The van der Waals surface area contributed by atoms with Crippen LogP contribution in [0.25, 0.3) is 0 Å². The lowest BCUT2D eigenvalue weighted by Crippen LogP contribution is -2.07. The molecule has 0 spiro atoms.